The molecule has 1 aromatic rings. The summed E-state index contributed by atoms with van der Waals surface area (Å²) in [4.78, 5) is 2.01. The van der Waals surface area contributed by atoms with Crippen molar-refractivity contribution in [1.82, 2.24) is 0 Å². The van der Waals surface area contributed by atoms with E-state index >= 15 is 0 Å². The first-order chi connectivity index (χ1) is 6.15. The van der Waals surface area contributed by atoms with Crippen LogP contribution < -0.4 is 4.90 Å². The van der Waals surface area contributed by atoms with Crippen LogP contribution in [0.15, 0.2) is 30.9 Å². The number of hydrogen-bond acceptors (Lipinski definition) is 1. The fourth-order valence-corrected chi connectivity index (χ4v) is 1.17. The summed E-state index contributed by atoms with van der Waals surface area (Å²) < 4.78 is 12.9. The SMILES string of the molecule is C=CCN(C)c1ccc(F)c(C)c1. The average molecular weight is 179 g/mol. The van der Waals surface area contributed by atoms with Gasteiger partial charge >= 0.3 is 0 Å². The highest BCUT2D eigenvalue weighted by molar-refractivity contribution is 5.48. The van der Waals surface area contributed by atoms with E-state index in [4.69, 9.17) is 0 Å². The number of halogens is 1. The van der Waals surface area contributed by atoms with Crippen molar-refractivity contribution in [3.8, 4) is 0 Å². The van der Waals surface area contributed by atoms with Gasteiger partial charge in [-0.15, -0.1) is 6.58 Å². The quantitative estimate of drug-likeness (QED) is 0.645. The molecule has 0 unspecified atom stereocenters. The Kier molecular flexibility index (Phi) is 3.07. The number of hydrogen-bond donors (Lipinski definition) is 0. The van der Waals surface area contributed by atoms with Crippen LogP contribution in [-0.4, -0.2) is 13.6 Å². The van der Waals surface area contributed by atoms with Gasteiger partial charge in [0.15, 0.2) is 0 Å². The first kappa shape index (κ1) is 9.78. The molecule has 0 fully saturated rings. The molecule has 2 heteroatoms. The van der Waals surface area contributed by atoms with E-state index < -0.39 is 0 Å². The van der Waals surface area contributed by atoms with E-state index in [2.05, 4.69) is 6.58 Å². The Labute approximate surface area is 78.5 Å². The van der Waals surface area contributed by atoms with Gasteiger partial charge in [-0.05, 0) is 30.7 Å². The number of anilines is 1. The second-order valence-electron chi connectivity index (χ2n) is 3.10. The molecule has 0 aromatic heterocycles. The third-order valence-corrected chi connectivity index (χ3v) is 1.99. The Morgan fingerprint density at radius 3 is 2.77 bits per heavy atom. The largest absolute Gasteiger partial charge is 0.371 e. The number of rotatable bonds is 3. The first-order valence-corrected chi connectivity index (χ1v) is 4.23. The molecule has 0 N–H and O–H groups in total. The lowest BCUT2D eigenvalue weighted by molar-refractivity contribution is 0.618. The summed E-state index contributed by atoms with van der Waals surface area (Å²) in [5.74, 6) is -0.157. The van der Waals surface area contributed by atoms with Gasteiger partial charge in [0.25, 0.3) is 0 Å². The van der Waals surface area contributed by atoms with E-state index in [-0.39, 0.29) is 5.82 Å². The molecule has 0 atom stereocenters. The van der Waals surface area contributed by atoms with E-state index in [1.165, 1.54) is 6.07 Å². The van der Waals surface area contributed by atoms with E-state index in [0.29, 0.717) is 5.56 Å². The van der Waals surface area contributed by atoms with Gasteiger partial charge in [0.05, 0.1) is 0 Å². The number of aryl methyl sites for hydroxylation is 1. The second kappa shape index (κ2) is 4.08. The Morgan fingerprint density at radius 1 is 1.54 bits per heavy atom. The van der Waals surface area contributed by atoms with Gasteiger partial charge in [0, 0.05) is 19.3 Å². The Bertz CT molecular complexity index is 307. The molecule has 0 heterocycles. The predicted molar refractivity (Wildman–Crippen MR) is 54.6 cm³/mol. The van der Waals surface area contributed by atoms with Crippen molar-refractivity contribution in [2.24, 2.45) is 0 Å². The molecular weight excluding hydrogens is 165 g/mol. The maximum atomic E-state index is 12.9. The van der Waals surface area contributed by atoms with Crippen molar-refractivity contribution in [2.75, 3.05) is 18.5 Å². The lowest BCUT2D eigenvalue weighted by Gasteiger charge is -2.17. The molecule has 13 heavy (non-hydrogen) atoms. The van der Waals surface area contributed by atoms with E-state index in [0.717, 1.165) is 12.2 Å². The summed E-state index contributed by atoms with van der Waals surface area (Å²) in [5.41, 5.74) is 1.69. The normalized spacial score (nSPS) is 9.77. The summed E-state index contributed by atoms with van der Waals surface area (Å²) in [7, 11) is 1.95. The van der Waals surface area contributed by atoms with Crippen LogP contribution >= 0.6 is 0 Å². The standard InChI is InChI=1S/C11H14FN/c1-4-7-13(3)10-5-6-11(12)9(2)8-10/h4-6,8H,1,7H2,2-3H3. The number of likely N-dealkylation sites (N-methyl/N-ethyl adjacent to an activating group) is 1. The third kappa shape index (κ3) is 2.31. The van der Waals surface area contributed by atoms with Crippen molar-refractivity contribution in [3.05, 3.63) is 42.2 Å². The minimum atomic E-state index is -0.157. The number of benzene rings is 1. The molecule has 1 aromatic carbocycles. The molecule has 1 rings (SSSR count). The maximum Gasteiger partial charge on any atom is 0.126 e. The molecule has 0 spiro atoms. The zero-order valence-electron chi connectivity index (χ0n) is 8.05. The van der Waals surface area contributed by atoms with Crippen LogP contribution in [0, 0.1) is 12.7 Å². The highest BCUT2D eigenvalue weighted by atomic mass is 19.1. The van der Waals surface area contributed by atoms with Gasteiger partial charge in [0.1, 0.15) is 5.82 Å². The smallest absolute Gasteiger partial charge is 0.126 e. The summed E-state index contributed by atoms with van der Waals surface area (Å²) in [6.07, 6.45) is 1.82. The van der Waals surface area contributed by atoms with Crippen molar-refractivity contribution in [2.45, 2.75) is 6.92 Å². The highest BCUT2D eigenvalue weighted by Crippen LogP contribution is 2.16. The molecule has 0 aliphatic carbocycles. The van der Waals surface area contributed by atoms with Crippen molar-refractivity contribution in [1.29, 1.82) is 0 Å². The monoisotopic (exact) mass is 179 g/mol. The summed E-state index contributed by atoms with van der Waals surface area (Å²) in [6.45, 7) is 6.18. The van der Waals surface area contributed by atoms with E-state index in [1.807, 2.05) is 24.1 Å². The van der Waals surface area contributed by atoms with Crippen molar-refractivity contribution in [3.63, 3.8) is 0 Å². The molecular formula is C11H14FN. The van der Waals surface area contributed by atoms with Crippen LogP contribution in [0.3, 0.4) is 0 Å². The van der Waals surface area contributed by atoms with Gasteiger partial charge in [0.2, 0.25) is 0 Å². The minimum absolute atomic E-state index is 0.157. The number of nitrogens with zero attached hydrogens (tertiary/aromatic N) is 1. The molecule has 1 nitrogen and oxygen atoms in total. The Morgan fingerprint density at radius 2 is 2.23 bits per heavy atom. The summed E-state index contributed by atoms with van der Waals surface area (Å²) in [5, 5.41) is 0. The van der Waals surface area contributed by atoms with Gasteiger partial charge in [-0.3, -0.25) is 0 Å². The van der Waals surface area contributed by atoms with Crippen LogP contribution in [0.2, 0.25) is 0 Å². The summed E-state index contributed by atoms with van der Waals surface area (Å²) in [6, 6.07) is 5.09. The van der Waals surface area contributed by atoms with Gasteiger partial charge in [-0.1, -0.05) is 6.08 Å². The van der Waals surface area contributed by atoms with Crippen molar-refractivity contribution < 1.29 is 4.39 Å². The zero-order chi connectivity index (χ0) is 9.84. The maximum absolute atomic E-state index is 12.9. The average Bonchev–Trinajstić information content (AvgIpc) is 2.10. The second-order valence-corrected chi connectivity index (χ2v) is 3.10. The Hall–Kier alpha value is -1.31. The van der Waals surface area contributed by atoms with Crippen LogP contribution in [0.4, 0.5) is 10.1 Å². The topological polar surface area (TPSA) is 3.24 Å². The van der Waals surface area contributed by atoms with E-state index in [1.54, 1.807) is 13.0 Å². The molecule has 0 bridgehead atoms. The molecule has 0 saturated carbocycles. The van der Waals surface area contributed by atoms with Gasteiger partial charge in [-0.25, -0.2) is 4.39 Å². The van der Waals surface area contributed by atoms with Crippen LogP contribution in [0.25, 0.3) is 0 Å². The Balaban J connectivity index is 2.89. The van der Waals surface area contributed by atoms with E-state index in [9.17, 15) is 4.39 Å². The van der Waals surface area contributed by atoms with Crippen LogP contribution in [-0.2, 0) is 0 Å². The zero-order valence-corrected chi connectivity index (χ0v) is 8.05. The van der Waals surface area contributed by atoms with Crippen molar-refractivity contribution >= 4 is 5.69 Å². The molecule has 0 aliphatic rings. The molecule has 0 amide bonds. The first-order valence-electron chi connectivity index (χ1n) is 4.23. The third-order valence-electron chi connectivity index (χ3n) is 1.99. The summed E-state index contributed by atoms with van der Waals surface area (Å²) >= 11 is 0. The molecule has 0 aliphatic heterocycles. The lowest BCUT2D eigenvalue weighted by atomic mass is 10.2. The lowest BCUT2D eigenvalue weighted by Crippen LogP contribution is -2.16. The highest BCUT2D eigenvalue weighted by Gasteiger charge is 2.01. The fraction of sp³-hybridized carbons (Fsp3) is 0.273. The minimum Gasteiger partial charge on any atom is -0.371 e. The van der Waals surface area contributed by atoms with Crippen LogP contribution in [0.1, 0.15) is 5.56 Å². The van der Waals surface area contributed by atoms with Gasteiger partial charge in [-0.2, -0.15) is 0 Å². The van der Waals surface area contributed by atoms with Gasteiger partial charge < -0.3 is 4.90 Å². The molecule has 0 radical (unpaired) electrons. The molecule has 0 saturated heterocycles. The fourth-order valence-electron chi connectivity index (χ4n) is 1.17. The predicted octanol–water partition coefficient (Wildman–Crippen LogP) is 2.76. The molecule has 70 valence electrons. The van der Waals surface area contributed by atoms with Crippen LogP contribution in [0.5, 0.6) is 0 Å².